The lowest BCUT2D eigenvalue weighted by Crippen LogP contribution is -2.42. The molecule has 0 saturated heterocycles. The van der Waals surface area contributed by atoms with Gasteiger partial charge in [0.25, 0.3) is 0 Å². The molecule has 0 heterocycles. The maximum absolute atomic E-state index is 12.3. The first-order chi connectivity index (χ1) is 9.75. The van der Waals surface area contributed by atoms with Gasteiger partial charge in [-0.1, -0.05) is 48.0 Å². The maximum atomic E-state index is 12.3. The molecule has 2 N–H and O–H groups in total. The second kappa shape index (κ2) is 7.92. The zero-order chi connectivity index (χ0) is 16.0. The molecule has 118 valence electrons. The Hall–Kier alpha value is -0.910. The van der Waals surface area contributed by atoms with Crippen molar-refractivity contribution in [1.29, 1.82) is 0 Å². The summed E-state index contributed by atoms with van der Waals surface area (Å²) in [5, 5.41) is 0. The molecule has 0 bridgehead atoms. The van der Waals surface area contributed by atoms with Crippen molar-refractivity contribution in [3.8, 4) is 0 Å². The van der Waals surface area contributed by atoms with Gasteiger partial charge in [0.2, 0.25) is 5.91 Å². The first-order valence-electron chi connectivity index (χ1n) is 7.11. The molecule has 4 nitrogen and oxygen atoms in total. The Morgan fingerprint density at radius 1 is 1.29 bits per heavy atom. The van der Waals surface area contributed by atoms with E-state index in [2.05, 4.69) is 29.8 Å². The average molecular weight is 356 g/mol. The van der Waals surface area contributed by atoms with Crippen LogP contribution < -0.4 is 5.73 Å². The highest BCUT2D eigenvalue weighted by Crippen LogP contribution is 2.18. The van der Waals surface area contributed by atoms with E-state index in [9.17, 15) is 4.79 Å². The van der Waals surface area contributed by atoms with Crippen LogP contribution in [0.4, 0.5) is 0 Å². The lowest BCUT2D eigenvalue weighted by Gasteiger charge is -2.29. The van der Waals surface area contributed by atoms with Crippen molar-refractivity contribution >= 4 is 21.8 Å². The molecule has 5 heteroatoms. The van der Waals surface area contributed by atoms with E-state index >= 15 is 0 Å². The highest BCUT2D eigenvalue weighted by Gasteiger charge is 2.20. The van der Waals surface area contributed by atoms with E-state index in [1.165, 1.54) is 0 Å². The summed E-state index contributed by atoms with van der Waals surface area (Å²) >= 11 is 3.51. The number of hydrogen-bond acceptors (Lipinski definition) is 3. The largest absolute Gasteiger partial charge is 0.340 e. The SMILES string of the molecule is CN(CC(=O)N(C)Cc1ccccc1Br)CC(C)(C)CN. The van der Waals surface area contributed by atoms with Crippen LogP contribution in [0.15, 0.2) is 28.7 Å². The molecule has 1 rings (SSSR count). The van der Waals surface area contributed by atoms with Crippen LogP contribution >= 0.6 is 15.9 Å². The minimum atomic E-state index is 0.0239. The molecule has 0 aliphatic rings. The highest BCUT2D eigenvalue weighted by molar-refractivity contribution is 9.10. The molecule has 0 aliphatic carbocycles. The van der Waals surface area contributed by atoms with E-state index in [1.807, 2.05) is 43.3 Å². The van der Waals surface area contributed by atoms with Crippen molar-refractivity contribution in [2.24, 2.45) is 11.1 Å². The van der Waals surface area contributed by atoms with Crippen molar-refractivity contribution in [3.63, 3.8) is 0 Å². The van der Waals surface area contributed by atoms with Gasteiger partial charge in [0.05, 0.1) is 6.54 Å². The monoisotopic (exact) mass is 355 g/mol. The van der Waals surface area contributed by atoms with Gasteiger partial charge in [-0.15, -0.1) is 0 Å². The molecule has 1 aromatic rings. The third-order valence-electron chi connectivity index (χ3n) is 3.45. The van der Waals surface area contributed by atoms with Gasteiger partial charge in [0.15, 0.2) is 0 Å². The zero-order valence-electron chi connectivity index (χ0n) is 13.4. The summed E-state index contributed by atoms with van der Waals surface area (Å²) in [6.07, 6.45) is 0. The third kappa shape index (κ3) is 6.16. The number of likely N-dealkylation sites (N-methyl/N-ethyl adjacent to an activating group) is 2. The predicted octanol–water partition coefficient (Wildman–Crippen LogP) is 2.32. The predicted molar refractivity (Wildman–Crippen MR) is 90.9 cm³/mol. The van der Waals surface area contributed by atoms with E-state index in [0.717, 1.165) is 16.6 Å². The Morgan fingerprint density at radius 2 is 1.90 bits per heavy atom. The van der Waals surface area contributed by atoms with Crippen molar-refractivity contribution in [1.82, 2.24) is 9.80 Å². The lowest BCUT2D eigenvalue weighted by molar-refractivity contribution is -0.131. The lowest BCUT2D eigenvalue weighted by atomic mass is 9.93. The Morgan fingerprint density at radius 3 is 2.48 bits per heavy atom. The van der Waals surface area contributed by atoms with Crippen LogP contribution in [-0.2, 0) is 11.3 Å². The Balaban J connectivity index is 2.53. The minimum absolute atomic E-state index is 0.0239. The molecule has 0 spiro atoms. The smallest absolute Gasteiger partial charge is 0.236 e. The molecule has 0 aromatic heterocycles. The van der Waals surface area contributed by atoms with E-state index in [-0.39, 0.29) is 11.3 Å². The summed E-state index contributed by atoms with van der Waals surface area (Å²) in [5.41, 5.74) is 6.87. The summed E-state index contributed by atoms with van der Waals surface area (Å²) in [6.45, 7) is 6.65. The average Bonchev–Trinajstić information content (AvgIpc) is 2.40. The van der Waals surface area contributed by atoms with Crippen molar-refractivity contribution in [2.45, 2.75) is 20.4 Å². The van der Waals surface area contributed by atoms with Gasteiger partial charge in [-0.2, -0.15) is 0 Å². The molecule has 0 aliphatic heterocycles. The summed E-state index contributed by atoms with van der Waals surface area (Å²) in [6, 6.07) is 7.96. The molecule has 1 aromatic carbocycles. The number of amides is 1. The fourth-order valence-corrected chi connectivity index (χ4v) is 2.58. The number of carbonyl (C=O) groups excluding carboxylic acids is 1. The molecule has 21 heavy (non-hydrogen) atoms. The standard InChI is InChI=1S/C16H26BrN3O/c1-16(2,11-18)12-19(3)10-15(21)20(4)9-13-7-5-6-8-14(13)17/h5-8H,9-12,18H2,1-4H3. The Kier molecular flexibility index (Phi) is 6.84. The van der Waals surface area contributed by atoms with Gasteiger partial charge in [0.1, 0.15) is 0 Å². The number of rotatable bonds is 7. The van der Waals surface area contributed by atoms with Crippen LogP contribution in [0.5, 0.6) is 0 Å². The topological polar surface area (TPSA) is 49.6 Å². The molecular formula is C16H26BrN3O. The number of benzene rings is 1. The van der Waals surface area contributed by atoms with Gasteiger partial charge in [-0.3, -0.25) is 9.69 Å². The summed E-state index contributed by atoms with van der Waals surface area (Å²) < 4.78 is 1.03. The summed E-state index contributed by atoms with van der Waals surface area (Å²) in [4.78, 5) is 16.1. The molecular weight excluding hydrogens is 330 g/mol. The Labute approximate surface area is 136 Å². The number of halogens is 1. The van der Waals surface area contributed by atoms with Gasteiger partial charge >= 0.3 is 0 Å². The first kappa shape index (κ1) is 18.1. The van der Waals surface area contributed by atoms with Crippen LogP contribution in [0.2, 0.25) is 0 Å². The van der Waals surface area contributed by atoms with Crippen molar-refractivity contribution in [2.75, 3.05) is 33.7 Å². The van der Waals surface area contributed by atoms with Crippen LogP contribution in [0.1, 0.15) is 19.4 Å². The fourth-order valence-electron chi connectivity index (χ4n) is 2.17. The normalized spacial score (nSPS) is 11.8. The summed E-state index contributed by atoms with van der Waals surface area (Å²) in [7, 11) is 3.80. The van der Waals surface area contributed by atoms with E-state index in [1.54, 1.807) is 4.90 Å². The van der Waals surface area contributed by atoms with E-state index < -0.39 is 0 Å². The maximum Gasteiger partial charge on any atom is 0.236 e. The minimum Gasteiger partial charge on any atom is -0.340 e. The molecule has 1 amide bonds. The van der Waals surface area contributed by atoms with Crippen LogP contribution in [-0.4, -0.2) is 49.4 Å². The van der Waals surface area contributed by atoms with Gasteiger partial charge in [-0.05, 0) is 30.6 Å². The van der Waals surface area contributed by atoms with Crippen molar-refractivity contribution in [3.05, 3.63) is 34.3 Å². The van der Waals surface area contributed by atoms with Crippen LogP contribution in [0, 0.1) is 5.41 Å². The Bertz CT molecular complexity index is 476. The fraction of sp³-hybridized carbons (Fsp3) is 0.562. The van der Waals surface area contributed by atoms with Crippen molar-refractivity contribution < 1.29 is 4.79 Å². The molecule has 0 unspecified atom stereocenters. The van der Waals surface area contributed by atoms with Gasteiger partial charge in [0, 0.05) is 24.6 Å². The quantitative estimate of drug-likeness (QED) is 0.816. The van der Waals surface area contributed by atoms with E-state index in [4.69, 9.17) is 5.73 Å². The van der Waals surface area contributed by atoms with Gasteiger partial charge < -0.3 is 10.6 Å². The summed E-state index contributed by atoms with van der Waals surface area (Å²) in [5.74, 6) is 0.112. The van der Waals surface area contributed by atoms with Crippen LogP contribution in [0.3, 0.4) is 0 Å². The molecule has 0 saturated carbocycles. The highest BCUT2D eigenvalue weighted by atomic mass is 79.9. The zero-order valence-corrected chi connectivity index (χ0v) is 15.0. The van der Waals surface area contributed by atoms with Gasteiger partial charge in [-0.25, -0.2) is 0 Å². The second-order valence-electron chi connectivity index (χ2n) is 6.38. The molecule has 0 radical (unpaired) electrons. The number of carbonyl (C=O) groups is 1. The van der Waals surface area contributed by atoms with Crippen LogP contribution in [0.25, 0.3) is 0 Å². The molecule has 0 fully saturated rings. The first-order valence-corrected chi connectivity index (χ1v) is 7.90. The molecule has 0 atom stereocenters. The number of nitrogens with zero attached hydrogens (tertiary/aromatic N) is 2. The van der Waals surface area contributed by atoms with E-state index in [0.29, 0.717) is 19.6 Å². The second-order valence-corrected chi connectivity index (χ2v) is 7.24. The third-order valence-corrected chi connectivity index (χ3v) is 4.22. The number of nitrogens with two attached hydrogens (primary N) is 1. The number of hydrogen-bond donors (Lipinski definition) is 1.